The summed E-state index contributed by atoms with van der Waals surface area (Å²) in [6.07, 6.45) is 16.7. The number of nitrogens with zero attached hydrogens (tertiary/aromatic N) is 2. The number of pyridine rings is 2. The standard InChI is InChI=1S/C28H36N2/c1-3-5-7-8-9-10-11-23-13-15-24(16-14-23)28-20-18-26(22-30-28)25-17-19-27(29-21-25)12-6-4-2/h13-22H,3-12H2,1-2H3. The van der Waals surface area contributed by atoms with Crippen molar-refractivity contribution in [2.75, 3.05) is 0 Å². The summed E-state index contributed by atoms with van der Waals surface area (Å²) in [4.78, 5) is 9.30. The van der Waals surface area contributed by atoms with Crippen LogP contribution in [-0.2, 0) is 12.8 Å². The summed E-state index contributed by atoms with van der Waals surface area (Å²) in [5.41, 5.74) is 7.06. The highest BCUT2D eigenvalue weighted by Gasteiger charge is 2.04. The fourth-order valence-corrected chi connectivity index (χ4v) is 3.79. The van der Waals surface area contributed by atoms with E-state index in [1.807, 2.05) is 12.4 Å². The van der Waals surface area contributed by atoms with Crippen LogP contribution >= 0.6 is 0 Å². The maximum absolute atomic E-state index is 4.70. The highest BCUT2D eigenvalue weighted by molar-refractivity contribution is 5.66. The number of hydrogen-bond donors (Lipinski definition) is 0. The maximum Gasteiger partial charge on any atom is 0.0702 e. The molecular weight excluding hydrogens is 364 g/mol. The molecule has 0 bridgehead atoms. The van der Waals surface area contributed by atoms with Crippen molar-refractivity contribution in [1.29, 1.82) is 0 Å². The predicted octanol–water partition coefficient (Wildman–Crippen LogP) is 8.06. The van der Waals surface area contributed by atoms with Gasteiger partial charge in [0.1, 0.15) is 0 Å². The summed E-state index contributed by atoms with van der Waals surface area (Å²) in [6.45, 7) is 4.48. The Morgan fingerprint density at radius 2 is 1.17 bits per heavy atom. The molecule has 0 aliphatic carbocycles. The Labute approximate surface area is 182 Å². The minimum absolute atomic E-state index is 1.03. The van der Waals surface area contributed by atoms with Crippen LogP contribution < -0.4 is 0 Å². The Morgan fingerprint density at radius 1 is 0.533 bits per heavy atom. The summed E-state index contributed by atoms with van der Waals surface area (Å²) in [5.74, 6) is 0. The van der Waals surface area contributed by atoms with Crippen molar-refractivity contribution in [2.24, 2.45) is 0 Å². The fourth-order valence-electron chi connectivity index (χ4n) is 3.79. The minimum atomic E-state index is 1.03. The van der Waals surface area contributed by atoms with Crippen LogP contribution in [0.25, 0.3) is 22.4 Å². The van der Waals surface area contributed by atoms with E-state index in [-0.39, 0.29) is 0 Å². The molecule has 2 aromatic heterocycles. The third-order valence-corrected chi connectivity index (χ3v) is 5.78. The number of benzene rings is 1. The summed E-state index contributed by atoms with van der Waals surface area (Å²) in [5, 5.41) is 0. The van der Waals surface area contributed by atoms with Gasteiger partial charge < -0.3 is 0 Å². The Balaban J connectivity index is 1.54. The zero-order chi connectivity index (χ0) is 21.0. The zero-order valence-corrected chi connectivity index (χ0v) is 18.7. The molecule has 0 atom stereocenters. The van der Waals surface area contributed by atoms with Gasteiger partial charge in [0.05, 0.1) is 5.69 Å². The van der Waals surface area contributed by atoms with Gasteiger partial charge in [-0.2, -0.15) is 0 Å². The first-order valence-electron chi connectivity index (χ1n) is 11.8. The lowest BCUT2D eigenvalue weighted by molar-refractivity contribution is 0.607. The Morgan fingerprint density at radius 3 is 1.80 bits per heavy atom. The van der Waals surface area contributed by atoms with Crippen LogP contribution in [0.2, 0.25) is 0 Å². The molecule has 0 unspecified atom stereocenters. The molecule has 0 amide bonds. The molecule has 0 spiro atoms. The van der Waals surface area contributed by atoms with E-state index in [0.717, 1.165) is 23.2 Å². The first-order valence-corrected chi connectivity index (χ1v) is 11.8. The van der Waals surface area contributed by atoms with Crippen LogP contribution in [0.1, 0.15) is 76.5 Å². The van der Waals surface area contributed by atoms with Gasteiger partial charge in [-0.3, -0.25) is 9.97 Å². The predicted molar refractivity (Wildman–Crippen MR) is 129 cm³/mol. The average molecular weight is 401 g/mol. The Bertz CT molecular complexity index is 849. The van der Waals surface area contributed by atoms with E-state index in [4.69, 9.17) is 4.98 Å². The quantitative estimate of drug-likeness (QED) is 0.287. The third kappa shape index (κ3) is 6.79. The summed E-state index contributed by atoms with van der Waals surface area (Å²) in [7, 11) is 0. The zero-order valence-electron chi connectivity index (χ0n) is 18.7. The summed E-state index contributed by atoms with van der Waals surface area (Å²) in [6, 6.07) is 17.5. The maximum atomic E-state index is 4.70. The monoisotopic (exact) mass is 400 g/mol. The lowest BCUT2D eigenvalue weighted by Crippen LogP contribution is -1.91. The van der Waals surface area contributed by atoms with Gasteiger partial charge >= 0.3 is 0 Å². The van der Waals surface area contributed by atoms with Crippen LogP contribution in [-0.4, -0.2) is 9.97 Å². The van der Waals surface area contributed by atoms with Crippen molar-refractivity contribution >= 4 is 0 Å². The van der Waals surface area contributed by atoms with E-state index in [1.165, 1.54) is 74.6 Å². The van der Waals surface area contributed by atoms with E-state index in [1.54, 1.807) is 0 Å². The highest BCUT2D eigenvalue weighted by Crippen LogP contribution is 2.23. The lowest BCUT2D eigenvalue weighted by Gasteiger charge is -2.07. The molecule has 2 heteroatoms. The molecule has 0 saturated carbocycles. The molecule has 30 heavy (non-hydrogen) atoms. The van der Waals surface area contributed by atoms with E-state index < -0.39 is 0 Å². The first kappa shape index (κ1) is 22.2. The van der Waals surface area contributed by atoms with Crippen molar-refractivity contribution in [2.45, 2.75) is 78.1 Å². The molecule has 2 heterocycles. The van der Waals surface area contributed by atoms with Gasteiger partial charge in [-0.25, -0.2) is 0 Å². The van der Waals surface area contributed by atoms with Crippen molar-refractivity contribution in [1.82, 2.24) is 9.97 Å². The summed E-state index contributed by atoms with van der Waals surface area (Å²) >= 11 is 0. The van der Waals surface area contributed by atoms with Crippen molar-refractivity contribution in [3.05, 3.63) is 72.2 Å². The molecule has 0 aliphatic heterocycles. The molecule has 0 fully saturated rings. The highest BCUT2D eigenvalue weighted by atomic mass is 14.7. The SMILES string of the molecule is CCCCCCCCc1ccc(-c2ccc(-c3ccc(CCCC)nc3)cn2)cc1. The van der Waals surface area contributed by atoms with Crippen LogP contribution in [0, 0.1) is 0 Å². The number of aromatic nitrogens is 2. The molecule has 0 saturated heterocycles. The van der Waals surface area contributed by atoms with Gasteiger partial charge in [0, 0.05) is 34.8 Å². The molecule has 0 aliphatic rings. The number of rotatable bonds is 12. The van der Waals surface area contributed by atoms with E-state index >= 15 is 0 Å². The van der Waals surface area contributed by atoms with Crippen LogP contribution in [0.4, 0.5) is 0 Å². The van der Waals surface area contributed by atoms with E-state index in [2.05, 4.69) is 67.4 Å². The van der Waals surface area contributed by atoms with Gasteiger partial charge in [0.2, 0.25) is 0 Å². The van der Waals surface area contributed by atoms with Crippen LogP contribution in [0.15, 0.2) is 60.9 Å². The van der Waals surface area contributed by atoms with E-state index in [0.29, 0.717) is 0 Å². The molecule has 0 radical (unpaired) electrons. The van der Waals surface area contributed by atoms with Gasteiger partial charge in [0.15, 0.2) is 0 Å². The summed E-state index contributed by atoms with van der Waals surface area (Å²) < 4.78 is 0. The van der Waals surface area contributed by atoms with Gasteiger partial charge in [-0.05, 0) is 43.4 Å². The largest absolute Gasteiger partial charge is 0.261 e. The van der Waals surface area contributed by atoms with E-state index in [9.17, 15) is 0 Å². The number of aryl methyl sites for hydroxylation is 2. The number of hydrogen-bond acceptors (Lipinski definition) is 2. The first-order chi connectivity index (χ1) is 14.8. The third-order valence-electron chi connectivity index (χ3n) is 5.78. The van der Waals surface area contributed by atoms with Gasteiger partial charge in [-0.1, -0.05) is 88.8 Å². The fraction of sp³-hybridized carbons (Fsp3) is 0.429. The molecule has 158 valence electrons. The topological polar surface area (TPSA) is 25.8 Å². The second-order valence-corrected chi connectivity index (χ2v) is 8.29. The molecule has 3 rings (SSSR count). The van der Waals surface area contributed by atoms with Crippen LogP contribution in [0.3, 0.4) is 0 Å². The van der Waals surface area contributed by atoms with Crippen LogP contribution in [0.5, 0.6) is 0 Å². The van der Waals surface area contributed by atoms with Gasteiger partial charge in [-0.15, -0.1) is 0 Å². The van der Waals surface area contributed by atoms with Crippen molar-refractivity contribution < 1.29 is 0 Å². The van der Waals surface area contributed by atoms with Crippen molar-refractivity contribution in [3.63, 3.8) is 0 Å². The molecule has 0 N–H and O–H groups in total. The second-order valence-electron chi connectivity index (χ2n) is 8.29. The molecule has 1 aromatic carbocycles. The number of unbranched alkanes of at least 4 members (excludes halogenated alkanes) is 6. The van der Waals surface area contributed by atoms with Gasteiger partial charge in [0.25, 0.3) is 0 Å². The molecular formula is C28H36N2. The minimum Gasteiger partial charge on any atom is -0.261 e. The Hall–Kier alpha value is -2.48. The Kier molecular flexibility index (Phi) is 9.08. The molecule has 3 aromatic rings. The smallest absolute Gasteiger partial charge is 0.0702 e. The molecule has 2 nitrogen and oxygen atoms in total. The second kappa shape index (κ2) is 12.3. The lowest BCUT2D eigenvalue weighted by atomic mass is 10.0. The normalized spacial score (nSPS) is 11.0. The average Bonchev–Trinajstić information content (AvgIpc) is 2.81. The van der Waals surface area contributed by atoms with Crippen molar-refractivity contribution in [3.8, 4) is 22.4 Å².